The van der Waals surface area contributed by atoms with Crippen molar-refractivity contribution in [1.29, 1.82) is 0 Å². The van der Waals surface area contributed by atoms with Crippen molar-refractivity contribution < 1.29 is 29.0 Å². The molecule has 0 heterocycles. The lowest BCUT2D eigenvalue weighted by Gasteiger charge is -2.27. The number of benzene rings is 1. The molecule has 1 rings (SSSR count). The van der Waals surface area contributed by atoms with Gasteiger partial charge in [0.15, 0.2) is 5.75 Å². The minimum Gasteiger partial charge on any atom is -0.473 e. The number of esters is 2. The average molecular weight is 440 g/mol. The molecule has 9 heteroatoms. The summed E-state index contributed by atoms with van der Waals surface area (Å²) < 4.78 is 10.1. The third-order valence-electron chi connectivity index (χ3n) is 4.24. The van der Waals surface area contributed by atoms with Gasteiger partial charge in [0.05, 0.1) is 21.7 Å². The van der Waals surface area contributed by atoms with E-state index in [1.54, 1.807) is 0 Å². The Morgan fingerprint density at radius 2 is 1.78 bits per heavy atom. The van der Waals surface area contributed by atoms with Crippen LogP contribution in [0.3, 0.4) is 0 Å². The molecule has 27 heavy (non-hydrogen) atoms. The van der Waals surface area contributed by atoms with E-state index in [-0.39, 0.29) is 27.1 Å². The molecule has 1 unspecified atom stereocenters. The quantitative estimate of drug-likeness (QED) is 0.252. The van der Waals surface area contributed by atoms with Gasteiger partial charge in [0, 0.05) is 5.41 Å². The largest absolute Gasteiger partial charge is 0.473 e. The fourth-order valence-electron chi connectivity index (χ4n) is 2.26. The monoisotopic (exact) mass is 438 g/mol. The van der Waals surface area contributed by atoms with Crippen molar-refractivity contribution in [2.75, 3.05) is 6.61 Å². The number of carbonyl (C=O) groups is 3. The van der Waals surface area contributed by atoms with E-state index in [0.29, 0.717) is 0 Å². The number of rotatable bonds is 8. The van der Waals surface area contributed by atoms with E-state index in [2.05, 4.69) is 6.92 Å². The summed E-state index contributed by atoms with van der Waals surface area (Å²) in [6.07, 6.45) is 3.63. The maximum Gasteiger partial charge on any atom is 0.422 e. The molecule has 0 aliphatic carbocycles. The molecule has 0 spiro atoms. The summed E-state index contributed by atoms with van der Waals surface area (Å²) in [7, 11) is 0. The summed E-state index contributed by atoms with van der Waals surface area (Å²) in [5.74, 6) is -4.88. The van der Waals surface area contributed by atoms with Crippen LogP contribution in [-0.4, -0.2) is 29.6 Å². The summed E-state index contributed by atoms with van der Waals surface area (Å²) in [5, 5.41) is 8.17. The number of hydrogen-bond donors (Lipinski definition) is 1. The van der Waals surface area contributed by atoms with E-state index in [1.165, 1.54) is 0 Å². The highest BCUT2D eigenvalue weighted by Gasteiger charge is 2.30. The molecule has 150 valence electrons. The molecule has 1 aromatic rings. The molecule has 0 saturated carbocycles. The molecule has 0 bridgehead atoms. The van der Waals surface area contributed by atoms with Crippen LogP contribution in [0.4, 0.5) is 0 Å². The lowest BCUT2D eigenvalue weighted by Crippen LogP contribution is -2.26. The Balaban J connectivity index is 3.17. The van der Waals surface area contributed by atoms with Crippen molar-refractivity contribution in [3.8, 4) is 5.75 Å². The van der Waals surface area contributed by atoms with Gasteiger partial charge >= 0.3 is 17.9 Å². The van der Waals surface area contributed by atoms with Crippen LogP contribution in [0, 0.1) is 5.41 Å². The van der Waals surface area contributed by atoms with Crippen molar-refractivity contribution in [1.82, 2.24) is 0 Å². The van der Waals surface area contributed by atoms with E-state index < -0.39 is 29.2 Å². The molecule has 1 N–H and O–H groups in total. The topological polar surface area (TPSA) is 89.9 Å². The molecule has 0 aromatic heterocycles. The van der Waals surface area contributed by atoms with Crippen LogP contribution >= 0.6 is 34.8 Å². The predicted octanol–water partition coefficient (Wildman–Crippen LogP) is 5.40. The molecule has 0 aliphatic heterocycles. The molecule has 6 nitrogen and oxygen atoms in total. The Bertz CT molecular complexity index is 734. The fourth-order valence-corrected chi connectivity index (χ4v) is 2.98. The van der Waals surface area contributed by atoms with E-state index in [9.17, 15) is 14.4 Å². The number of hydrogen-bond acceptors (Lipinski definition) is 5. The van der Waals surface area contributed by atoms with Gasteiger partial charge < -0.3 is 14.6 Å². The van der Waals surface area contributed by atoms with Crippen molar-refractivity contribution in [3.05, 3.63) is 26.7 Å². The number of halogens is 3. The maximum absolute atomic E-state index is 12.6. The molecule has 0 aliphatic rings. The van der Waals surface area contributed by atoms with Crippen molar-refractivity contribution in [2.24, 2.45) is 5.41 Å². The van der Waals surface area contributed by atoms with Gasteiger partial charge in [0.2, 0.25) is 0 Å². The van der Waals surface area contributed by atoms with Crippen molar-refractivity contribution in [3.63, 3.8) is 0 Å². The van der Waals surface area contributed by atoms with Crippen LogP contribution in [0.1, 0.15) is 56.8 Å². The Kier molecular flexibility index (Phi) is 8.85. The van der Waals surface area contributed by atoms with Crippen LogP contribution in [0.15, 0.2) is 6.07 Å². The highest BCUT2D eigenvalue weighted by atomic mass is 35.5. The van der Waals surface area contributed by atoms with E-state index in [0.717, 1.165) is 31.7 Å². The zero-order valence-electron chi connectivity index (χ0n) is 15.2. The average Bonchev–Trinajstić information content (AvgIpc) is 2.62. The second-order valence-corrected chi connectivity index (χ2v) is 7.59. The van der Waals surface area contributed by atoms with Crippen LogP contribution in [0.5, 0.6) is 5.75 Å². The molecular formula is C18H21Cl3O6. The first-order valence-electron chi connectivity index (χ1n) is 8.36. The van der Waals surface area contributed by atoms with Crippen LogP contribution in [0.25, 0.3) is 0 Å². The van der Waals surface area contributed by atoms with Crippen LogP contribution in [-0.2, 0) is 14.3 Å². The summed E-state index contributed by atoms with van der Waals surface area (Å²) in [4.78, 5) is 34.8. The second-order valence-electron chi connectivity index (χ2n) is 6.40. The molecule has 1 atom stereocenters. The summed E-state index contributed by atoms with van der Waals surface area (Å²) >= 11 is 18.0. The third kappa shape index (κ3) is 6.26. The smallest absolute Gasteiger partial charge is 0.422 e. The number of carboxylic acid groups (broad SMARTS) is 1. The second kappa shape index (κ2) is 10.2. The third-order valence-corrected chi connectivity index (χ3v) is 5.31. The van der Waals surface area contributed by atoms with Gasteiger partial charge in [-0.25, -0.2) is 14.4 Å². The highest BCUT2D eigenvalue weighted by molar-refractivity contribution is 6.46. The van der Waals surface area contributed by atoms with E-state index in [4.69, 9.17) is 49.4 Å². The molecular weight excluding hydrogens is 419 g/mol. The minimum absolute atomic E-state index is 0.0621. The number of carbonyl (C=O) groups excluding carboxylic acids is 2. The van der Waals surface area contributed by atoms with E-state index in [1.807, 2.05) is 13.8 Å². The predicted molar refractivity (Wildman–Crippen MR) is 103 cm³/mol. The van der Waals surface area contributed by atoms with Gasteiger partial charge in [-0.3, -0.25) is 0 Å². The summed E-state index contributed by atoms with van der Waals surface area (Å²) in [6, 6.07) is 1.14. The van der Waals surface area contributed by atoms with Gasteiger partial charge in [-0.2, -0.15) is 0 Å². The number of aliphatic carboxylic acids is 1. The Hall–Kier alpha value is -1.50. The SMILES string of the molecule is CCCCC(C)(CC)COC(=O)c1c(Cl)c(Cl)cc(Cl)c1OC(=O)C(=O)O. The number of unbranched alkanes of at least 4 members (excludes halogenated alkanes) is 1. The van der Waals surface area contributed by atoms with Crippen molar-refractivity contribution in [2.45, 2.75) is 46.5 Å². The molecule has 0 amide bonds. The number of ether oxygens (including phenoxy) is 2. The van der Waals surface area contributed by atoms with Crippen LogP contribution in [0.2, 0.25) is 15.1 Å². The van der Waals surface area contributed by atoms with E-state index >= 15 is 0 Å². The Morgan fingerprint density at radius 3 is 2.30 bits per heavy atom. The zero-order chi connectivity index (χ0) is 20.8. The summed E-state index contributed by atoms with van der Waals surface area (Å²) in [6.45, 7) is 6.16. The fraction of sp³-hybridized carbons (Fsp3) is 0.500. The summed E-state index contributed by atoms with van der Waals surface area (Å²) in [5.41, 5.74) is -0.629. The number of carboxylic acids is 1. The minimum atomic E-state index is -1.85. The van der Waals surface area contributed by atoms with Gasteiger partial charge in [-0.1, -0.05) is 68.4 Å². The zero-order valence-corrected chi connectivity index (χ0v) is 17.5. The van der Waals surface area contributed by atoms with Gasteiger partial charge in [0.25, 0.3) is 0 Å². The first-order chi connectivity index (χ1) is 12.6. The standard InChI is InChI=1S/C18H21Cl3O6/c1-4-6-7-18(3,5-2)9-26-16(24)12-13(21)10(19)8-11(20)14(12)27-17(25)15(22)23/h8H,4-7,9H2,1-3H3,(H,22,23). The lowest BCUT2D eigenvalue weighted by atomic mass is 9.83. The van der Waals surface area contributed by atoms with Crippen molar-refractivity contribution >= 4 is 52.7 Å². The molecule has 0 fully saturated rings. The van der Waals surface area contributed by atoms with Crippen LogP contribution < -0.4 is 4.74 Å². The van der Waals surface area contributed by atoms with Gasteiger partial charge in [0.1, 0.15) is 5.56 Å². The highest BCUT2D eigenvalue weighted by Crippen LogP contribution is 2.40. The Labute approximate surface area is 172 Å². The molecule has 0 radical (unpaired) electrons. The maximum atomic E-state index is 12.6. The first-order valence-corrected chi connectivity index (χ1v) is 9.49. The molecule has 0 saturated heterocycles. The first kappa shape index (κ1) is 23.5. The van der Waals surface area contributed by atoms with Gasteiger partial charge in [-0.05, 0) is 18.9 Å². The lowest BCUT2D eigenvalue weighted by molar-refractivity contribution is -0.158. The normalized spacial score (nSPS) is 13.0. The molecule has 1 aromatic carbocycles. The van der Waals surface area contributed by atoms with Gasteiger partial charge in [-0.15, -0.1) is 0 Å². The Morgan fingerprint density at radius 1 is 1.15 bits per heavy atom.